The second-order valence-electron chi connectivity index (χ2n) is 5.77. The summed E-state index contributed by atoms with van der Waals surface area (Å²) in [5.41, 5.74) is -6.33. The van der Waals surface area contributed by atoms with E-state index in [0.29, 0.717) is 11.1 Å². The number of aromatic amines is 1. The van der Waals surface area contributed by atoms with E-state index in [9.17, 15) is 39.9 Å². The molecule has 3 aromatic rings. The van der Waals surface area contributed by atoms with Gasteiger partial charge in [-0.1, -0.05) is 6.07 Å². The van der Waals surface area contributed by atoms with E-state index in [1.807, 2.05) is 0 Å². The number of amides is 1. The van der Waals surface area contributed by atoms with Crippen LogP contribution in [0.15, 0.2) is 36.5 Å². The minimum atomic E-state index is -5.21. The van der Waals surface area contributed by atoms with Crippen LogP contribution in [0, 0.1) is 11.6 Å². The first-order valence-corrected chi connectivity index (χ1v) is 7.83. The third-order valence-electron chi connectivity index (χ3n) is 3.89. The molecule has 3 rings (SSSR count). The third kappa shape index (κ3) is 3.82. The van der Waals surface area contributed by atoms with Crippen molar-refractivity contribution in [2.75, 3.05) is 4.90 Å². The Morgan fingerprint density at radius 1 is 0.933 bits per heavy atom. The van der Waals surface area contributed by atoms with E-state index in [-0.39, 0.29) is 6.41 Å². The molecule has 0 atom stereocenters. The molecule has 0 aliphatic rings. The van der Waals surface area contributed by atoms with Crippen molar-refractivity contribution in [1.82, 2.24) is 15.2 Å². The lowest BCUT2D eigenvalue weighted by molar-refractivity contribution is -0.142. The second kappa shape index (κ2) is 7.39. The largest absolute Gasteiger partial charge is 0.435 e. The highest BCUT2D eigenvalue weighted by Crippen LogP contribution is 2.43. The van der Waals surface area contributed by atoms with Crippen LogP contribution in [0.25, 0.3) is 11.1 Å². The van der Waals surface area contributed by atoms with Crippen LogP contribution in [0.3, 0.4) is 0 Å². The number of nitrogens with zero attached hydrogens (tertiary/aromatic N) is 3. The minimum Gasteiger partial charge on any atom is -0.278 e. The van der Waals surface area contributed by atoms with Crippen molar-refractivity contribution >= 4 is 17.9 Å². The van der Waals surface area contributed by atoms with Gasteiger partial charge in [0.2, 0.25) is 6.41 Å². The van der Waals surface area contributed by atoms with Crippen LogP contribution in [-0.2, 0) is 17.1 Å². The van der Waals surface area contributed by atoms with Crippen LogP contribution in [0.5, 0.6) is 0 Å². The highest BCUT2D eigenvalue weighted by molar-refractivity contribution is 5.85. The summed E-state index contributed by atoms with van der Waals surface area (Å²) in [5.74, 6) is -2.72. The second-order valence-corrected chi connectivity index (χ2v) is 5.77. The van der Waals surface area contributed by atoms with E-state index in [1.54, 1.807) is 0 Å². The summed E-state index contributed by atoms with van der Waals surface area (Å²) in [6, 6.07) is 4.35. The Kier molecular flexibility index (Phi) is 5.22. The van der Waals surface area contributed by atoms with Crippen LogP contribution in [0.4, 0.5) is 46.6 Å². The molecule has 1 N–H and O–H groups in total. The SMILES string of the molecule is O=CN(c1ccc(-c2c(C(F)(F)F)n[nH]c2C(F)(F)F)cn1)c1c(F)cccc1F. The predicted molar refractivity (Wildman–Crippen MR) is 86.4 cm³/mol. The van der Waals surface area contributed by atoms with E-state index < -0.39 is 58.0 Å². The van der Waals surface area contributed by atoms with Gasteiger partial charge in [-0.15, -0.1) is 0 Å². The first kappa shape index (κ1) is 21.2. The normalized spacial score (nSPS) is 12.1. The fourth-order valence-electron chi connectivity index (χ4n) is 2.65. The Morgan fingerprint density at radius 3 is 2.03 bits per heavy atom. The summed E-state index contributed by atoms with van der Waals surface area (Å²) in [4.78, 5) is 15.3. The zero-order valence-corrected chi connectivity index (χ0v) is 14.3. The van der Waals surface area contributed by atoms with Gasteiger partial charge < -0.3 is 0 Å². The summed E-state index contributed by atoms with van der Waals surface area (Å²) in [6.07, 6.45) is -9.81. The molecule has 0 unspecified atom stereocenters. The van der Waals surface area contributed by atoms with Crippen molar-refractivity contribution in [2.45, 2.75) is 12.4 Å². The number of alkyl halides is 6. The molecule has 2 heterocycles. The van der Waals surface area contributed by atoms with Crippen molar-refractivity contribution in [3.8, 4) is 11.1 Å². The van der Waals surface area contributed by atoms with Crippen molar-refractivity contribution in [2.24, 2.45) is 0 Å². The van der Waals surface area contributed by atoms with E-state index in [2.05, 4.69) is 10.1 Å². The van der Waals surface area contributed by atoms with Crippen molar-refractivity contribution in [3.63, 3.8) is 0 Å². The Balaban J connectivity index is 2.11. The zero-order valence-electron chi connectivity index (χ0n) is 14.3. The number of nitrogens with one attached hydrogen (secondary N) is 1. The lowest BCUT2D eigenvalue weighted by atomic mass is 10.0. The van der Waals surface area contributed by atoms with Gasteiger partial charge in [-0.25, -0.2) is 13.8 Å². The van der Waals surface area contributed by atoms with E-state index >= 15 is 0 Å². The summed E-state index contributed by atoms with van der Waals surface area (Å²) < 4.78 is 106. The van der Waals surface area contributed by atoms with E-state index in [0.717, 1.165) is 30.3 Å². The average molecular weight is 436 g/mol. The number of anilines is 2. The van der Waals surface area contributed by atoms with Crippen molar-refractivity contribution in [1.29, 1.82) is 0 Å². The molecule has 0 aliphatic carbocycles. The molecule has 1 amide bonds. The van der Waals surface area contributed by atoms with Crippen LogP contribution < -0.4 is 4.90 Å². The summed E-state index contributed by atoms with van der Waals surface area (Å²) in [5, 5.41) is 4.03. The number of H-pyrrole nitrogens is 1. The molecular weight excluding hydrogens is 428 g/mol. The number of carbonyl (C=O) groups is 1. The Bertz CT molecular complexity index is 1020. The third-order valence-corrected chi connectivity index (χ3v) is 3.89. The molecule has 0 spiro atoms. The monoisotopic (exact) mass is 436 g/mol. The number of hydrogen-bond acceptors (Lipinski definition) is 3. The minimum absolute atomic E-state index is 0.0103. The molecule has 2 aromatic heterocycles. The van der Waals surface area contributed by atoms with Crippen molar-refractivity contribution in [3.05, 3.63) is 59.6 Å². The van der Waals surface area contributed by atoms with Crippen LogP contribution in [0.1, 0.15) is 11.4 Å². The van der Waals surface area contributed by atoms with Crippen LogP contribution >= 0.6 is 0 Å². The van der Waals surface area contributed by atoms with Crippen LogP contribution in [0.2, 0.25) is 0 Å². The molecule has 1 aromatic carbocycles. The van der Waals surface area contributed by atoms with E-state index in [1.165, 1.54) is 5.10 Å². The lowest BCUT2D eigenvalue weighted by Crippen LogP contribution is -2.18. The Hall–Kier alpha value is -3.51. The highest BCUT2D eigenvalue weighted by atomic mass is 19.4. The smallest absolute Gasteiger partial charge is 0.278 e. The number of aromatic nitrogens is 3. The standard InChI is InChI=1S/C17H8F8N4O/c18-9-2-1-3-10(19)13(9)29(7-30)11-5-4-8(6-26-11)12-14(16(20,21)22)27-28-15(12)17(23,24)25/h1-7H,(H,27,28). The summed E-state index contributed by atoms with van der Waals surface area (Å²) >= 11 is 0. The molecule has 0 saturated heterocycles. The maximum absolute atomic E-state index is 13.9. The molecule has 13 heteroatoms. The lowest BCUT2D eigenvalue weighted by Gasteiger charge is -2.18. The fraction of sp³-hybridized carbons (Fsp3) is 0.118. The molecule has 0 saturated carbocycles. The number of pyridine rings is 1. The van der Waals surface area contributed by atoms with E-state index in [4.69, 9.17) is 0 Å². The van der Waals surface area contributed by atoms with Gasteiger partial charge in [-0.2, -0.15) is 31.4 Å². The number of rotatable bonds is 4. The number of hydrogen-bond donors (Lipinski definition) is 1. The first-order chi connectivity index (χ1) is 13.9. The zero-order chi connectivity index (χ0) is 22.3. The summed E-state index contributed by atoms with van der Waals surface area (Å²) in [6.45, 7) is 0. The molecule has 30 heavy (non-hydrogen) atoms. The van der Waals surface area contributed by atoms with Gasteiger partial charge in [-0.3, -0.25) is 14.8 Å². The average Bonchev–Trinajstić information content (AvgIpc) is 3.11. The maximum atomic E-state index is 13.9. The Morgan fingerprint density at radius 2 is 1.57 bits per heavy atom. The van der Waals surface area contributed by atoms with Gasteiger partial charge in [0.25, 0.3) is 0 Å². The van der Waals surface area contributed by atoms with Crippen LogP contribution in [-0.4, -0.2) is 21.6 Å². The Labute approximate surface area is 162 Å². The van der Waals surface area contributed by atoms with Gasteiger partial charge in [0.05, 0.1) is 0 Å². The number of benzene rings is 1. The fourth-order valence-corrected chi connectivity index (χ4v) is 2.65. The molecule has 0 bridgehead atoms. The molecule has 0 aliphatic heterocycles. The van der Waals surface area contributed by atoms with Gasteiger partial charge in [-0.05, 0) is 24.3 Å². The summed E-state index contributed by atoms with van der Waals surface area (Å²) in [7, 11) is 0. The molecule has 158 valence electrons. The first-order valence-electron chi connectivity index (χ1n) is 7.83. The van der Waals surface area contributed by atoms with Gasteiger partial charge in [0, 0.05) is 17.3 Å². The van der Waals surface area contributed by atoms with Gasteiger partial charge in [0.15, 0.2) is 5.69 Å². The molecule has 5 nitrogen and oxygen atoms in total. The topological polar surface area (TPSA) is 61.9 Å². The number of carbonyl (C=O) groups excluding carboxylic acids is 1. The number of halogens is 8. The predicted octanol–water partition coefficient (Wildman–Crippen LogP) is 5.08. The molecular formula is C17H8F8N4O. The molecule has 0 fully saturated rings. The molecule has 0 radical (unpaired) electrons. The van der Waals surface area contributed by atoms with Gasteiger partial charge in [0.1, 0.15) is 28.8 Å². The number of para-hydroxylation sites is 1. The highest BCUT2D eigenvalue weighted by Gasteiger charge is 2.45. The maximum Gasteiger partial charge on any atom is 0.435 e. The van der Waals surface area contributed by atoms with Crippen molar-refractivity contribution < 1.29 is 39.9 Å². The quantitative estimate of drug-likeness (QED) is 0.458. The van der Waals surface area contributed by atoms with Gasteiger partial charge >= 0.3 is 12.4 Å².